The number of halogens is 1. The zero-order valence-corrected chi connectivity index (χ0v) is 11.9. The van der Waals surface area contributed by atoms with Gasteiger partial charge in [-0.25, -0.2) is 9.97 Å². The molecule has 1 fully saturated rings. The van der Waals surface area contributed by atoms with Crippen LogP contribution in [0.4, 0.5) is 5.82 Å². The van der Waals surface area contributed by atoms with Gasteiger partial charge in [0.2, 0.25) is 0 Å². The molecule has 0 saturated carbocycles. The largest absolute Gasteiger partial charge is 0.355 e. The Morgan fingerprint density at radius 2 is 2.00 bits per heavy atom. The van der Waals surface area contributed by atoms with Crippen LogP contribution in [0.2, 0.25) is 0 Å². The molecule has 1 saturated heterocycles. The second kappa shape index (κ2) is 5.33. The minimum absolute atomic E-state index is 0.572. The van der Waals surface area contributed by atoms with Crippen molar-refractivity contribution in [1.29, 1.82) is 0 Å². The first kappa shape index (κ1) is 12.7. The van der Waals surface area contributed by atoms with E-state index in [2.05, 4.69) is 9.88 Å². The molecule has 2 heterocycles. The summed E-state index contributed by atoms with van der Waals surface area (Å²) in [6.07, 6.45) is 2.41. The van der Waals surface area contributed by atoms with E-state index < -0.39 is 0 Å². The normalized spacial score (nSPS) is 19.9. The fraction of sp³-hybridized carbons (Fsp3) is 0.467. The summed E-state index contributed by atoms with van der Waals surface area (Å²) in [6.45, 7) is 4.09. The van der Waals surface area contributed by atoms with Gasteiger partial charge in [-0.1, -0.05) is 12.1 Å². The summed E-state index contributed by atoms with van der Waals surface area (Å²) in [4.78, 5) is 11.8. The van der Waals surface area contributed by atoms with Gasteiger partial charge in [0.1, 0.15) is 0 Å². The SMILES string of the molecule is Cc1nc2ccccc2nc1N1CCCC(CCl)C1. The molecule has 1 atom stereocenters. The van der Waals surface area contributed by atoms with Crippen LogP contribution in [0.3, 0.4) is 0 Å². The highest BCUT2D eigenvalue weighted by atomic mass is 35.5. The lowest BCUT2D eigenvalue weighted by Gasteiger charge is -2.33. The first-order chi connectivity index (χ1) is 9.28. The Labute approximate surface area is 118 Å². The second-order valence-electron chi connectivity index (χ2n) is 5.23. The third-order valence-electron chi connectivity index (χ3n) is 3.76. The van der Waals surface area contributed by atoms with Crippen LogP contribution in [0.1, 0.15) is 18.5 Å². The Hall–Kier alpha value is -1.35. The molecule has 0 N–H and O–H groups in total. The number of fused-ring (bicyclic) bond motifs is 1. The molecule has 1 unspecified atom stereocenters. The Morgan fingerprint density at radius 3 is 2.74 bits per heavy atom. The van der Waals surface area contributed by atoms with E-state index in [4.69, 9.17) is 16.6 Å². The number of rotatable bonds is 2. The van der Waals surface area contributed by atoms with Crippen LogP contribution < -0.4 is 4.90 Å². The van der Waals surface area contributed by atoms with E-state index in [1.807, 2.05) is 31.2 Å². The predicted octanol–water partition coefficient (Wildman–Crippen LogP) is 3.39. The Morgan fingerprint density at radius 1 is 1.26 bits per heavy atom. The summed E-state index contributed by atoms with van der Waals surface area (Å²) in [5.41, 5.74) is 2.94. The highest BCUT2D eigenvalue weighted by Crippen LogP contribution is 2.25. The van der Waals surface area contributed by atoms with Crippen LogP contribution in [0.25, 0.3) is 11.0 Å². The van der Waals surface area contributed by atoms with Gasteiger partial charge in [0.15, 0.2) is 5.82 Å². The van der Waals surface area contributed by atoms with Crippen LogP contribution in [0, 0.1) is 12.8 Å². The molecule has 0 bridgehead atoms. The molecule has 1 aromatic heterocycles. The number of hydrogen-bond acceptors (Lipinski definition) is 3. The summed E-state index contributed by atoms with van der Waals surface area (Å²) in [5.74, 6) is 2.33. The van der Waals surface area contributed by atoms with Gasteiger partial charge in [0, 0.05) is 19.0 Å². The monoisotopic (exact) mass is 275 g/mol. The van der Waals surface area contributed by atoms with Crippen molar-refractivity contribution in [2.45, 2.75) is 19.8 Å². The zero-order valence-electron chi connectivity index (χ0n) is 11.1. The van der Waals surface area contributed by atoms with Gasteiger partial charge >= 0.3 is 0 Å². The summed E-state index contributed by atoms with van der Waals surface area (Å²) in [6, 6.07) is 8.04. The van der Waals surface area contributed by atoms with E-state index in [0.717, 1.165) is 41.5 Å². The summed E-state index contributed by atoms with van der Waals surface area (Å²) in [5, 5.41) is 0. The van der Waals surface area contributed by atoms with Crippen LogP contribution in [0.5, 0.6) is 0 Å². The lowest BCUT2D eigenvalue weighted by atomic mass is 10.00. The van der Waals surface area contributed by atoms with Crippen LogP contribution in [-0.2, 0) is 0 Å². The van der Waals surface area contributed by atoms with Gasteiger partial charge in [-0.2, -0.15) is 0 Å². The van der Waals surface area contributed by atoms with Crippen LogP contribution >= 0.6 is 11.6 Å². The van der Waals surface area contributed by atoms with E-state index >= 15 is 0 Å². The molecule has 3 rings (SSSR count). The molecule has 100 valence electrons. The van der Waals surface area contributed by atoms with Crippen molar-refractivity contribution in [1.82, 2.24) is 9.97 Å². The zero-order chi connectivity index (χ0) is 13.2. The Kier molecular flexibility index (Phi) is 3.56. The molecule has 4 heteroatoms. The van der Waals surface area contributed by atoms with Gasteiger partial charge in [-0.15, -0.1) is 11.6 Å². The molecular formula is C15H18ClN3. The number of hydrogen-bond donors (Lipinski definition) is 0. The maximum atomic E-state index is 6.01. The van der Waals surface area contributed by atoms with Gasteiger partial charge in [-0.3, -0.25) is 0 Å². The molecule has 0 spiro atoms. The predicted molar refractivity (Wildman–Crippen MR) is 79.9 cm³/mol. The molecule has 1 aromatic carbocycles. The highest BCUT2D eigenvalue weighted by Gasteiger charge is 2.22. The fourth-order valence-corrected chi connectivity index (χ4v) is 3.01. The van der Waals surface area contributed by atoms with Crippen molar-refractivity contribution in [2.24, 2.45) is 5.92 Å². The lowest BCUT2D eigenvalue weighted by molar-refractivity contribution is 0.448. The summed E-state index contributed by atoms with van der Waals surface area (Å²) in [7, 11) is 0. The second-order valence-corrected chi connectivity index (χ2v) is 5.54. The van der Waals surface area contributed by atoms with Gasteiger partial charge in [-0.05, 0) is 37.8 Å². The van der Waals surface area contributed by atoms with Crippen LogP contribution in [0.15, 0.2) is 24.3 Å². The smallest absolute Gasteiger partial charge is 0.150 e. The minimum atomic E-state index is 0.572. The quantitative estimate of drug-likeness (QED) is 0.787. The van der Waals surface area contributed by atoms with Gasteiger partial charge < -0.3 is 4.90 Å². The van der Waals surface area contributed by atoms with E-state index in [9.17, 15) is 0 Å². The minimum Gasteiger partial charge on any atom is -0.355 e. The van der Waals surface area contributed by atoms with E-state index in [-0.39, 0.29) is 0 Å². The maximum Gasteiger partial charge on any atom is 0.150 e. The van der Waals surface area contributed by atoms with Gasteiger partial charge in [0.25, 0.3) is 0 Å². The standard InChI is InChI=1S/C15H18ClN3/c1-11-15(19-8-4-5-12(9-16)10-19)18-14-7-3-2-6-13(14)17-11/h2-3,6-7,12H,4-5,8-10H2,1H3. The summed E-state index contributed by atoms with van der Waals surface area (Å²) >= 11 is 6.01. The Bertz CT molecular complexity index is 585. The van der Waals surface area contributed by atoms with E-state index in [0.29, 0.717) is 5.92 Å². The fourth-order valence-electron chi connectivity index (χ4n) is 2.76. The molecule has 0 amide bonds. The average Bonchev–Trinajstić information content (AvgIpc) is 2.46. The first-order valence-electron chi connectivity index (χ1n) is 6.82. The van der Waals surface area contributed by atoms with Gasteiger partial charge in [0.05, 0.1) is 16.7 Å². The number of anilines is 1. The topological polar surface area (TPSA) is 29.0 Å². The third kappa shape index (κ3) is 2.52. The number of nitrogens with zero attached hydrogens (tertiary/aromatic N) is 3. The Balaban J connectivity index is 1.97. The van der Waals surface area contributed by atoms with Crippen molar-refractivity contribution < 1.29 is 0 Å². The number of benzene rings is 1. The van der Waals surface area contributed by atoms with Crippen molar-refractivity contribution in [3.05, 3.63) is 30.0 Å². The highest BCUT2D eigenvalue weighted by molar-refractivity contribution is 6.18. The van der Waals surface area contributed by atoms with E-state index in [1.54, 1.807) is 0 Å². The number of aromatic nitrogens is 2. The summed E-state index contributed by atoms with van der Waals surface area (Å²) < 4.78 is 0. The van der Waals surface area contributed by atoms with Crippen molar-refractivity contribution in [2.75, 3.05) is 23.9 Å². The lowest BCUT2D eigenvalue weighted by Crippen LogP contribution is -2.37. The van der Waals surface area contributed by atoms with Crippen molar-refractivity contribution >= 4 is 28.5 Å². The molecule has 19 heavy (non-hydrogen) atoms. The maximum absolute atomic E-state index is 6.01. The molecule has 0 aliphatic carbocycles. The molecule has 1 aliphatic heterocycles. The van der Waals surface area contributed by atoms with Crippen molar-refractivity contribution in [3.63, 3.8) is 0 Å². The average molecular weight is 276 g/mol. The van der Waals surface area contributed by atoms with Crippen molar-refractivity contribution in [3.8, 4) is 0 Å². The van der Waals surface area contributed by atoms with E-state index in [1.165, 1.54) is 12.8 Å². The molecule has 0 radical (unpaired) electrons. The number of para-hydroxylation sites is 2. The number of aryl methyl sites for hydroxylation is 1. The third-order valence-corrected chi connectivity index (χ3v) is 4.19. The molecule has 1 aliphatic rings. The molecular weight excluding hydrogens is 258 g/mol. The first-order valence-corrected chi connectivity index (χ1v) is 7.35. The van der Waals surface area contributed by atoms with Crippen LogP contribution in [-0.4, -0.2) is 28.9 Å². The molecule has 3 nitrogen and oxygen atoms in total. The number of piperidine rings is 1. The number of alkyl halides is 1. The molecule has 2 aromatic rings.